The second kappa shape index (κ2) is 10.3. The number of rotatable bonds is 9. The van der Waals surface area contributed by atoms with Crippen LogP contribution in [0.1, 0.15) is 32.9 Å². The smallest absolute Gasteiger partial charge is 0.459 e. The van der Waals surface area contributed by atoms with Gasteiger partial charge in [0.1, 0.15) is 29.4 Å². The molecule has 0 saturated carbocycles. The largest absolute Gasteiger partial charge is 0.468 e. The molecule has 2 aromatic heterocycles. The molecule has 2 aromatic carbocycles. The van der Waals surface area contributed by atoms with E-state index < -0.39 is 25.4 Å². The first-order valence-electron chi connectivity index (χ1n) is 12.1. The maximum absolute atomic E-state index is 14.1. The lowest BCUT2D eigenvalue weighted by atomic mass is 10.1. The van der Waals surface area contributed by atoms with Gasteiger partial charge in [0.05, 0.1) is 26.1 Å². The van der Waals surface area contributed by atoms with Gasteiger partial charge in [-0.3, -0.25) is 13.9 Å². The number of methoxy groups -OCH3 is 1. The first-order chi connectivity index (χ1) is 18.2. The van der Waals surface area contributed by atoms with Crippen molar-refractivity contribution in [3.8, 4) is 5.75 Å². The molecule has 1 aliphatic rings. The summed E-state index contributed by atoms with van der Waals surface area (Å²) in [6.07, 6.45) is 3.50. The number of nitrogens with zero attached hydrogens (tertiary/aromatic N) is 4. The minimum atomic E-state index is -4.10. The van der Waals surface area contributed by atoms with Crippen LogP contribution in [0, 0.1) is 0 Å². The molecule has 1 fully saturated rings. The fraction of sp³-hybridized carbons (Fsp3) is 0.360. The van der Waals surface area contributed by atoms with Crippen molar-refractivity contribution in [1.82, 2.24) is 24.6 Å². The molecule has 200 valence electrons. The Bertz CT molecular complexity index is 1520. The molecule has 0 radical (unpaired) electrons. The molecule has 3 heterocycles. The third kappa shape index (κ3) is 5.21. The average Bonchev–Trinajstić information content (AvgIpc) is 3.55. The van der Waals surface area contributed by atoms with Gasteiger partial charge >= 0.3 is 13.7 Å². The summed E-state index contributed by atoms with van der Waals surface area (Å²) in [6.45, 7) is 3.04. The number of nitrogens with one attached hydrogen (secondary N) is 1. The van der Waals surface area contributed by atoms with Crippen LogP contribution in [0.4, 0.5) is 5.82 Å². The van der Waals surface area contributed by atoms with Crippen molar-refractivity contribution < 1.29 is 27.9 Å². The maximum atomic E-state index is 14.1. The lowest BCUT2D eigenvalue weighted by Crippen LogP contribution is -2.46. The third-order valence-corrected chi connectivity index (χ3v) is 8.05. The van der Waals surface area contributed by atoms with E-state index in [0.29, 0.717) is 29.8 Å². The molecular formula is C25H29N6O6P. The highest BCUT2D eigenvalue weighted by Gasteiger charge is 2.41. The van der Waals surface area contributed by atoms with Gasteiger partial charge in [-0.1, -0.05) is 36.4 Å². The average molecular weight is 541 g/mol. The molecule has 4 aromatic rings. The third-order valence-electron chi connectivity index (χ3n) is 6.29. The number of hydrogen-bond acceptors (Lipinski definition) is 10. The second-order valence-electron chi connectivity index (χ2n) is 9.46. The first kappa shape index (κ1) is 26.1. The van der Waals surface area contributed by atoms with E-state index in [4.69, 9.17) is 24.3 Å². The number of nitrogens with two attached hydrogens (primary N) is 1. The van der Waals surface area contributed by atoms with Crippen LogP contribution in [-0.4, -0.2) is 50.8 Å². The zero-order valence-electron chi connectivity index (χ0n) is 21.2. The van der Waals surface area contributed by atoms with Crippen molar-refractivity contribution in [3.05, 3.63) is 55.1 Å². The number of imidazole rings is 1. The highest BCUT2D eigenvalue weighted by molar-refractivity contribution is 7.52. The Labute approximate surface area is 219 Å². The van der Waals surface area contributed by atoms with Gasteiger partial charge in [0, 0.05) is 5.39 Å². The summed E-state index contributed by atoms with van der Waals surface area (Å²) in [6, 6.07) is 13.0. The Hall–Kier alpha value is -3.57. The molecule has 12 nitrogen and oxygen atoms in total. The fourth-order valence-electron chi connectivity index (χ4n) is 4.41. The predicted molar refractivity (Wildman–Crippen MR) is 140 cm³/mol. The number of carbonyl (C=O) groups excluding carboxylic acids is 1. The zero-order chi connectivity index (χ0) is 26.9. The molecule has 1 saturated heterocycles. The molecule has 38 heavy (non-hydrogen) atoms. The van der Waals surface area contributed by atoms with Gasteiger partial charge in [0.25, 0.3) is 0 Å². The molecule has 0 bridgehead atoms. The Kier molecular flexibility index (Phi) is 7.06. The highest BCUT2D eigenvalue weighted by Crippen LogP contribution is 2.48. The van der Waals surface area contributed by atoms with Crippen LogP contribution in [-0.2, 0) is 23.4 Å². The van der Waals surface area contributed by atoms with Gasteiger partial charge in [-0.25, -0.2) is 19.5 Å². The number of anilines is 1. The SMILES string of the molecule is COC(=O)C(C)(C)NP(=O)(OC[C@@H]1CC[C@H](n2cnc3c(N)ncnc32)O1)Oc1cccc2ccccc12. The van der Waals surface area contributed by atoms with Crippen LogP contribution in [0.3, 0.4) is 0 Å². The Morgan fingerprint density at radius 2 is 1.97 bits per heavy atom. The van der Waals surface area contributed by atoms with Crippen LogP contribution in [0.2, 0.25) is 0 Å². The molecule has 3 N–H and O–H groups in total. The topological polar surface area (TPSA) is 153 Å². The lowest BCUT2D eigenvalue weighted by molar-refractivity contribution is -0.146. The summed E-state index contributed by atoms with van der Waals surface area (Å²) in [5.74, 6) is 0.0256. The van der Waals surface area contributed by atoms with E-state index in [1.807, 2.05) is 30.3 Å². The van der Waals surface area contributed by atoms with Crippen LogP contribution in [0.5, 0.6) is 5.75 Å². The van der Waals surface area contributed by atoms with Crippen molar-refractivity contribution in [1.29, 1.82) is 0 Å². The van der Waals surface area contributed by atoms with Gasteiger partial charge in [-0.15, -0.1) is 0 Å². The predicted octanol–water partition coefficient (Wildman–Crippen LogP) is 3.98. The highest BCUT2D eigenvalue weighted by atomic mass is 31.2. The van der Waals surface area contributed by atoms with Gasteiger partial charge in [-0.2, -0.15) is 5.09 Å². The van der Waals surface area contributed by atoms with Crippen molar-refractivity contribution in [2.24, 2.45) is 0 Å². The number of fused-ring (bicyclic) bond motifs is 2. The van der Waals surface area contributed by atoms with Crippen LogP contribution in [0.25, 0.3) is 21.9 Å². The van der Waals surface area contributed by atoms with Crippen LogP contribution in [0.15, 0.2) is 55.1 Å². The van der Waals surface area contributed by atoms with E-state index in [9.17, 15) is 9.36 Å². The number of aromatic nitrogens is 4. The fourth-order valence-corrected chi connectivity index (χ4v) is 6.12. The number of benzene rings is 2. The number of hydrogen-bond donors (Lipinski definition) is 2. The summed E-state index contributed by atoms with van der Waals surface area (Å²) in [5.41, 5.74) is 5.60. The molecule has 3 atom stereocenters. The summed E-state index contributed by atoms with van der Waals surface area (Å²) in [4.78, 5) is 24.9. The molecule has 0 amide bonds. The van der Waals surface area contributed by atoms with Crippen molar-refractivity contribution in [2.75, 3.05) is 19.5 Å². The summed E-state index contributed by atoms with van der Waals surface area (Å²) in [5, 5.41) is 4.42. The van der Waals surface area contributed by atoms with E-state index >= 15 is 0 Å². The molecule has 13 heteroatoms. The maximum Gasteiger partial charge on any atom is 0.459 e. The van der Waals surface area contributed by atoms with Crippen LogP contribution < -0.4 is 15.3 Å². The number of ether oxygens (including phenoxy) is 2. The molecule has 1 aliphatic heterocycles. The summed E-state index contributed by atoms with van der Waals surface area (Å²) < 4.78 is 38.8. The standard InChI is InChI=1S/C25H29N6O6P/c1-25(2,24(32)34-3)30-38(33,37-19-10-6-8-16-7-4-5-9-18(16)19)35-13-17-11-12-20(36-17)31-15-29-21-22(26)27-14-28-23(21)31/h4-10,14-15,17,20H,11-13H2,1-3H3,(H,30,33)(H2,26,27,28)/t17-,20+,38?/m0/s1. The first-order valence-corrected chi connectivity index (χ1v) is 13.6. The lowest BCUT2D eigenvalue weighted by Gasteiger charge is -2.29. The van der Waals surface area contributed by atoms with Gasteiger partial charge < -0.3 is 19.7 Å². The van der Waals surface area contributed by atoms with E-state index in [-0.39, 0.29) is 18.7 Å². The van der Waals surface area contributed by atoms with Crippen LogP contribution >= 0.6 is 7.75 Å². The second-order valence-corrected chi connectivity index (χ2v) is 11.1. The molecule has 0 spiro atoms. The minimum absolute atomic E-state index is 0.0491. The van der Waals surface area contributed by atoms with Crippen molar-refractivity contribution in [2.45, 2.75) is 44.6 Å². The molecular weight excluding hydrogens is 511 g/mol. The van der Waals surface area contributed by atoms with Crippen molar-refractivity contribution in [3.63, 3.8) is 0 Å². The van der Waals surface area contributed by atoms with Gasteiger partial charge in [0.2, 0.25) is 0 Å². The zero-order valence-corrected chi connectivity index (χ0v) is 22.1. The van der Waals surface area contributed by atoms with Gasteiger partial charge in [0.15, 0.2) is 11.5 Å². The van der Waals surface area contributed by atoms with E-state index in [0.717, 1.165) is 10.8 Å². The Balaban J connectivity index is 1.35. The van der Waals surface area contributed by atoms with Gasteiger partial charge in [-0.05, 0) is 38.1 Å². The normalized spacial score (nSPS) is 19.4. The number of carbonyl (C=O) groups is 1. The van der Waals surface area contributed by atoms with E-state index in [1.54, 1.807) is 36.9 Å². The Morgan fingerprint density at radius 1 is 1.18 bits per heavy atom. The number of nitrogen functional groups attached to an aromatic ring is 1. The quantitative estimate of drug-likeness (QED) is 0.234. The summed E-state index contributed by atoms with van der Waals surface area (Å²) in [7, 11) is -2.84. The monoisotopic (exact) mass is 540 g/mol. The van der Waals surface area contributed by atoms with E-state index in [2.05, 4.69) is 20.0 Å². The molecule has 5 rings (SSSR count). The summed E-state index contributed by atoms with van der Waals surface area (Å²) >= 11 is 0. The minimum Gasteiger partial charge on any atom is -0.468 e. The molecule has 1 unspecified atom stereocenters. The number of esters is 1. The van der Waals surface area contributed by atoms with Crippen molar-refractivity contribution >= 4 is 41.5 Å². The molecule has 0 aliphatic carbocycles. The Morgan fingerprint density at radius 3 is 2.79 bits per heavy atom. The van der Waals surface area contributed by atoms with E-state index in [1.165, 1.54) is 13.4 Å².